The lowest BCUT2D eigenvalue weighted by atomic mass is 10.3. The zero-order valence-corrected chi connectivity index (χ0v) is 7.59. The lowest BCUT2D eigenvalue weighted by molar-refractivity contribution is 0.936. The molecule has 2 rings (SSSR count). The summed E-state index contributed by atoms with van der Waals surface area (Å²) < 4.78 is 2.90. The Hall–Kier alpha value is -0.830. The van der Waals surface area contributed by atoms with Crippen LogP contribution in [0.4, 0.5) is 0 Å². The van der Waals surface area contributed by atoms with Crippen molar-refractivity contribution in [2.45, 2.75) is 0 Å². The van der Waals surface area contributed by atoms with E-state index in [1.54, 1.807) is 0 Å². The van der Waals surface area contributed by atoms with E-state index in [4.69, 9.17) is 0 Å². The van der Waals surface area contributed by atoms with Crippen LogP contribution in [-0.4, -0.2) is 9.55 Å². The monoisotopic (exact) mass is 209 g/mol. The normalized spacial score (nSPS) is 10.7. The number of para-hydroxylation sites is 1. The zero-order valence-electron chi connectivity index (χ0n) is 6.00. The van der Waals surface area contributed by atoms with Gasteiger partial charge in [0.1, 0.15) is 5.52 Å². The minimum Gasteiger partial charge on any atom is -0.324 e. The second kappa shape index (κ2) is 2.34. The molecule has 0 fully saturated rings. The Morgan fingerprint density at radius 1 is 1.55 bits per heavy atom. The summed E-state index contributed by atoms with van der Waals surface area (Å²) in [6, 6.07) is 5.98. The van der Waals surface area contributed by atoms with E-state index in [0.717, 1.165) is 15.5 Å². The Labute approximate surface area is 73.0 Å². The molecule has 0 spiro atoms. The fraction of sp³-hybridized carbons (Fsp3) is 0.125. The summed E-state index contributed by atoms with van der Waals surface area (Å²) in [6.45, 7) is 0. The first kappa shape index (κ1) is 6.85. The summed E-state index contributed by atoms with van der Waals surface area (Å²) in [5, 5.41) is 0. The van der Waals surface area contributed by atoms with Crippen LogP contribution in [0.15, 0.2) is 22.7 Å². The molecule has 1 radical (unpaired) electrons. The molecule has 1 aromatic heterocycles. The largest absolute Gasteiger partial charge is 0.324 e. The second-order valence-electron chi connectivity index (χ2n) is 2.38. The highest BCUT2D eigenvalue weighted by molar-refractivity contribution is 9.10. The van der Waals surface area contributed by atoms with E-state index in [1.807, 2.05) is 29.8 Å². The van der Waals surface area contributed by atoms with Crippen molar-refractivity contribution < 1.29 is 0 Å². The predicted molar refractivity (Wildman–Crippen MR) is 47.3 cm³/mol. The molecule has 2 aromatic rings. The van der Waals surface area contributed by atoms with Gasteiger partial charge in [0, 0.05) is 11.5 Å². The van der Waals surface area contributed by atoms with E-state index >= 15 is 0 Å². The summed E-state index contributed by atoms with van der Waals surface area (Å²) in [4.78, 5) is 4.11. The SMILES string of the molecule is Cn1[c]nc2c(Br)cccc21. The van der Waals surface area contributed by atoms with Crippen LogP contribution in [0.25, 0.3) is 11.0 Å². The number of benzene rings is 1. The lowest BCUT2D eigenvalue weighted by Crippen LogP contribution is -1.82. The van der Waals surface area contributed by atoms with E-state index in [2.05, 4.69) is 27.2 Å². The smallest absolute Gasteiger partial charge is 0.177 e. The molecule has 0 amide bonds. The molecule has 0 aliphatic heterocycles. The van der Waals surface area contributed by atoms with Gasteiger partial charge in [0.2, 0.25) is 0 Å². The van der Waals surface area contributed by atoms with Crippen LogP contribution in [0.1, 0.15) is 0 Å². The van der Waals surface area contributed by atoms with E-state index in [-0.39, 0.29) is 0 Å². The standard InChI is InChI=1S/C8H6BrN2/c1-11-5-10-8-6(9)3-2-4-7(8)11/h2-4H,1H3. The molecule has 2 nitrogen and oxygen atoms in total. The van der Waals surface area contributed by atoms with E-state index in [0.29, 0.717) is 0 Å². The molecule has 0 aliphatic carbocycles. The van der Waals surface area contributed by atoms with Gasteiger partial charge in [-0.1, -0.05) is 6.07 Å². The first-order valence-electron chi connectivity index (χ1n) is 3.27. The second-order valence-corrected chi connectivity index (χ2v) is 3.23. The van der Waals surface area contributed by atoms with Gasteiger partial charge in [0.15, 0.2) is 6.33 Å². The van der Waals surface area contributed by atoms with Gasteiger partial charge >= 0.3 is 0 Å². The van der Waals surface area contributed by atoms with Crippen molar-refractivity contribution in [2.24, 2.45) is 7.05 Å². The molecule has 0 atom stereocenters. The van der Waals surface area contributed by atoms with Crippen LogP contribution in [0.2, 0.25) is 0 Å². The van der Waals surface area contributed by atoms with Gasteiger partial charge in [-0.3, -0.25) is 0 Å². The maximum atomic E-state index is 4.11. The highest BCUT2D eigenvalue weighted by Gasteiger charge is 2.01. The first-order chi connectivity index (χ1) is 5.29. The Balaban J connectivity index is 2.94. The van der Waals surface area contributed by atoms with Crippen molar-refractivity contribution in [1.82, 2.24) is 9.55 Å². The number of aryl methyl sites for hydroxylation is 1. The van der Waals surface area contributed by atoms with Gasteiger partial charge in [0.05, 0.1) is 5.52 Å². The van der Waals surface area contributed by atoms with E-state index in [1.165, 1.54) is 0 Å². The lowest BCUT2D eigenvalue weighted by Gasteiger charge is -1.93. The number of fused-ring (bicyclic) bond motifs is 1. The first-order valence-corrected chi connectivity index (χ1v) is 4.07. The Kier molecular flexibility index (Phi) is 1.46. The number of hydrogen-bond acceptors (Lipinski definition) is 1. The number of imidazole rings is 1. The van der Waals surface area contributed by atoms with Crippen LogP contribution in [-0.2, 0) is 7.05 Å². The molecule has 3 heteroatoms. The minimum absolute atomic E-state index is 0.968. The third-order valence-electron chi connectivity index (χ3n) is 1.64. The number of halogens is 1. The van der Waals surface area contributed by atoms with Gasteiger partial charge in [-0.2, -0.15) is 0 Å². The number of aromatic nitrogens is 2. The van der Waals surface area contributed by atoms with Gasteiger partial charge in [-0.25, -0.2) is 4.98 Å². The average Bonchev–Trinajstić information content (AvgIpc) is 2.35. The van der Waals surface area contributed by atoms with Gasteiger partial charge < -0.3 is 4.57 Å². The minimum atomic E-state index is 0.968. The topological polar surface area (TPSA) is 17.8 Å². The summed E-state index contributed by atoms with van der Waals surface area (Å²) in [7, 11) is 1.93. The van der Waals surface area contributed by atoms with Crippen LogP contribution >= 0.6 is 15.9 Å². The molecular weight excluding hydrogens is 204 g/mol. The third kappa shape index (κ3) is 0.959. The highest BCUT2D eigenvalue weighted by atomic mass is 79.9. The summed E-state index contributed by atoms with van der Waals surface area (Å²) in [5.41, 5.74) is 2.06. The van der Waals surface area contributed by atoms with Crippen molar-refractivity contribution in [2.75, 3.05) is 0 Å². The Morgan fingerprint density at radius 3 is 3.09 bits per heavy atom. The Morgan fingerprint density at radius 2 is 2.36 bits per heavy atom. The molecule has 1 aromatic carbocycles. The third-order valence-corrected chi connectivity index (χ3v) is 2.28. The summed E-state index contributed by atoms with van der Waals surface area (Å²) in [5.74, 6) is 0. The molecular formula is C8H6BrN2. The van der Waals surface area contributed by atoms with Gasteiger partial charge in [-0.05, 0) is 28.1 Å². The fourth-order valence-electron chi connectivity index (χ4n) is 1.06. The maximum Gasteiger partial charge on any atom is 0.177 e. The summed E-state index contributed by atoms with van der Waals surface area (Å²) in [6.07, 6.45) is 2.85. The van der Waals surface area contributed by atoms with Crippen LogP contribution < -0.4 is 0 Å². The molecule has 11 heavy (non-hydrogen) atoms. The molecule has 0 bridgehead atoms. The van der Waals surface area contributed by atoms with Crippen LogP contribution in [0.5, 0.6) is 0 Å². The van der Waals surface area contributed by atoms with E-state index < -0.39 is 0 Å². The molecule has 0 aliphatic rings. The van der Waals surface area contributed by atoms with Gasteiger partial charge in [0.25, 0.3) is 0 Å². The highest BCUT2D eigenvalue weighted by Crippen LogP contribution is 2.20. The molecule has 0 saturated carbocycles. The number of rotatable bonds is 0. The molecule has 0 N–H and O–H groups in total. The quantitative estimate of drug-likeness (QED) is 0.651. The molecule has 0 unspecified atom stereocenters. The van der Waals surface area contributed by atoms with Crippen LogP contribution in [0, 0.1) is 6.33 Å². The zero-order chi connectivity index (χ0) is 7.84. The molecule has 0 saturated heterocycles. The molecule has 1 heterocycles. The van der Waals surface area contributed by atoms with Gasteiger partial charge in [-0.15, -0.1) is 0 Å². The number of hydrogen-bond donors (Lipinski definition) is 0. The fourth-order valence-corrected chi connectivity index (χ4v) is 1.51. The molecule has 55 valence electrons. The van der Waals surface area contributed by atoms with Crippen molar-refractivity contribution in [1.29, 1.82) is 0 Å². The van der Waals surface area contributed by atoms with Crippen molar-refractivity contribution >= 4 is 27.0 Å². The van der Waals surface area contributed by atoms with Crippen molar-refractivity contribution in [3.05, 3.63) is 29.0 Å². The average molecular weight is 210 g/mol. The maximum absolute atomic E-state index is 4.11. The summed E-state index contributed by atoms with van der Waals surface area (Å²) >= 11 is 3.41. The van der Waals surface area contributed by atoms with E-state index in [9.17, 15) is 0 Å². The predicted octanol–water partition coefficient (Wildman–Crippen LogP) is 2.14. The van der Waals surface area contributed by atoms with Crippen molar-refractivity contribution in [3.63, 3.8) is 0 Å². The van der Waals surface area contributed by atoms with Crippen molar-refractivity contribution in [3.8, 4) is 0 Å². The van der Waals surface area contributed by atoms with Crippen LogP contribution in [0.3, 0.4) is 0 Å². The Bertz CT molecular complexity index is 392. The number of nitrogens with zero attached hydrogens (tertiary/aromatic N) is 2.